The summed E-state index contributed by atoms with van der Waals surface area (Å²) >= 11 is 9.65. The van der Waals surface area contributed by atoms with Gasteiger partial charge in [-0.1, -0.05) is 33.6 Å². The van der Waals surface area contributed by atoms with Gasteiger partial charge in [-0.3, -0.25) is 0 Å². The Balaban J connectivity index is 1.58. The first-order valence-corrected chi connectivity index (χ1v) is 8.98. The molecule has 1 unspecified atom stereocenters. The minimum atomic E-state index is 0.0340. The van der Waals surface area contributed by atoms with Gasteiger partial charge in [-0.15, -0.1) is 0 Å². The van der Waals surface area contributed by atoms with Gasteiger partial charge in [0.2, 0.25) is 0 Å². The highest BCUT2D eigenvalue weighted by atomic mass is 79.9. The third-order valence-electron chi connectivity index (χ3n) is 4.34. The second-order valence-electron chi connectivity index (χ2n) is 5.98. The van der Waals surface area contributed by atoms with Gasteiger partial charge in [0.15, 0.2) is 11.5 Å². The average Bonchev–Trinajstić information content (AvgIpc) is 2.88. The summed E-state index contributed by atoms with van der Waals surface area (Å²) in [5, 5.41) is 3.97. The van der Waals surface area contributed by atoms with E-state index in [0.29, 0.717) is 0 Å². The Morgan fingerprint density at radius 1 is 1.04 bits per heavy atom. The minimum absolute atomic E-state index is 0.0340. The van der Waals surface area contributed by atoms with Crippen LogP contribution in [-0.2, 0) is 6.42 Å². The van der Waals surface area contributed by atoms with E-state index in [1.807, 2.05) is 30.3 Å². The molecule has 2 aromatic rings. The molecule has 1 saturated heterocycles. The van der Waals surface area contributed by atoms with Crippen molar-refractivity contribution in [2.24, 2.45) is 0 Å². The number of ether oxygens (including phenoxy) is 2. The molecule has 120 valence electrons. The molecule has 0 bridgehead atoms. The van der Waals surface area contributed by atoms with Gasteiger partial charge in [0.25, 0.3) is 0 Å². The second-order valence-corrected chi connectivity index (χ2v) is 7.33. The summed E-state index contributed by atoms with van der Waals surface area (Å²) in [5.74, 6) is 1.58. The molecule has 1 atom stereocenters. The fraction of sp³-hybridized carbons (Fsp3) is 0.333. The van der Waals surface area contributed by atoms with Crippen molar-refractivity contribution in [3.63, 3.8) is 0 Å². The number of halogens is 2. The zero-order valence-corrected chi connectivity index (χ0v) is 14.9. The Kier molecular flexibility index (Phi) is 4.22. The fourth-order valence-corrected chi connectivity index (χ4v) is 3.53. The van der Waals surface area contributed by atoms with Crippen molar-refractivity contribution in [2.75, 3.05) is 13.1 Å². The summed E-state index contributed by atoms with van der Waals surface area (Å²) in [5.41, 5.74) is 2.51. The summed E-state index contributed by atoms with van der Waals surface area (Å²) < 4.78 is 13.3. The average molecular weight is 395 g/mol. The van der Waals surface area contributed by atoms with Crippen LogP contribution in [0.25, 0.3) is 0 Å². The first-order valence-electron chi connectivity index (χ1n) is 7.81. The van der Waals surface area contributed by atoms with Crippen LogP contribution in [-0.4, -0.2) is 19.2 Å². The second kappa shape index (κ2) is 6.34. The standard InChI is InChI=1S/C18H17BrClNO2/c19-12-3-6-17(18(7-12)22-14-9-21-10-14)23-16-5-2-11-1-4-13(20)8-15(11)16/h1,3-4,6-8,14,16,21H,2,5,9-10H2. The Morgan fingerprint density at radius 2 is 1.91 bits per heavy atom. The highest BCUT2D eigenvalue weighted by Gasteiger charge is 2.26. The molecule has 2 aromatic carbocycles. The maximum Gasteiger partial charge on any atom is 0.162 e. The van der Waals surface area contributed by atoms with Crippen LogP contribution in [0.2, 0.25) is 5.02 Å². The lowest BCUT2D eigenvalue weighted by atomic mass is 10.1. The van der Waals surface area contributed by atoms with Gasteiger partial charge in [-0.05, 0) is 54.3 Å². The van der Waals surface area contributed by atoms with Gasteiger partial charge in [-0.25, -0.2) is 0 Å². The molecular formula is C18H17BrClNO2. The van der Waals surface area contributed by atoms with E-state index in [1.165, 1.54) is 11.1 Å². The van der Waals surface area contributed by atoms with Crippen LogP contribution in [0.1, 0.15) is 23.7 Å². The molecule has 5 heteroatoms. The molecule has 0 radical (unpaired) electrons. The normalized spacial score (nSPS) is 20.0. The third kappa shape index (κ3) is 3.21. The number of nitrogens with one attached hydrogen (secondary N) is 1. The summed E-state index contributed by atoms with van der Waals surface area (Å²) in [7, 11) is 0. The Morgan fingerprint density at radius 3 is 2.70 bits per heavy atom. The largest absolute Gasteiger partial charge is 0.484 e. The summed E-state index contributed by atoms with van der Waals surface area (Å²) in [6.45, 7) is 1.77. The quantitative estimate of drug-likeness (QED) is 0.827. The van der Waals surface area contributed by atoms with Crippen molar-refractivity contribution in [1.82, 2.24) is 5.32 Å². The van der Waals surface area contributed by atoms with Gasteiger partial charge in [-0.2, -0.15) is 0 Å². The smallest absolute Gasteiger partial charge is 0.162 e. The lowest BCUT2D eigenvalue weighted by Crippen LogP contribution is -2.50. The predicted octanol–water partition coefficient (Wildman–Crippen LogP) is 4.52. The van der Waals surface area contributed by atoms with Gasteiger partial charge in [0.1, 0.15) is 12.2 Å². The van der Waals surface area contributed by atoms with Crippen LogP contribution in [0.4, 0.5) is 0 Å². The highest BCUT2D eigenvalue weighted by Crippen LogP contribution is 2.40. The molecule has 0 spiro atoms. The SMILES string of the molecule is Clc1ccc2c(c1)C(Oc1ccc(Br)cc1OC1CNC1)CC2. The molecule has 0 saturated carbocycles. The molecule has 1 fully saturated rings. The highest BCUT2D eigenvalue weighted by molar-refractivity contribution is 9.10. The Hall–Kier alpha value is -1.23. The van der Waals surface area contributed by atoms with Crippen molar-refractivity contribution < 1.29 is 9.47 Å². The van der Waals surface area contributed by atoms with E-state index in [4.69, 9.17) is 21.1 Å². The zero-order chi connectivity index (χ0) is 15.8. The van der Waals surface area contributed by atoms with Crippen LogP contribution in [0.5, 0.6) is 11.5 Å². The first-order chi connectivity index (χ1) is 11.2. The third-order valence-corrected chi connectivity index (χ3v) is 5.07. The summed E-state index contributed by atoms with van der Waals surface area (Å²) in [6, 6.07) is 12.0. The molecule has 1 heterocycles. The van der Waals surface area contributed by atoms with E-state index in [1.54, 1.807) is 0 Å². The van der Waals surface area contributed by atoms with Gasteiger partial charge in [0, 0.05) is 22.6 Å². The fourth-order valence-electron chi connectivity index (χ4n) is 3.01. The number of benzene rings is 2. The van der Waals surface area contributed by atoms with Crippen molar-refractivity contribution in [3.8, 4) is 11.5 Å². The molecule has 23 heavy (non-hydrogen) atoms. The van der Waals surface area contributed by atoms with E-state index in [9.17, 15) is 0 Å². The molecule has 1 aliphatic carbocycles. The summed E-state index contributed by atoms with van der Waals surface area (Å²) in [4.78, 5) is 0. The molecule has 0 amide bonds. The van der Waals surface area contributed by atoms with Crippen molar-refractivity contribution in [1.29, 1.82) is 0 Å². The van der Waals surface area contributed by atoms with Gasteiger partial charge < -0.3 is 14.8 Å². The summed E-state index contributed by atoms with van der Waals surface area (Å²) in [6.07, 6.45) is 2.25. The Bertz CT molecular complexity index is 733. The number of hydrogen-bond donors (Lipinski definition) is 1. The van der Waals surface area contributed by atoms with Crippen LogP contribution in [0.15, 0.2) is 40.9 Å². The molecule has 1 aliphatic heterocycles. The number of fused-ring (bicyclic) bond motifs is 1. The van der Waals surface area contributed by atoms with E-state index in [2.05, 4.69) is 27.3 Å². The van der Waals surface area contributed by atoms with Crippen LogP contribution in [0, 0.1) is 0 Å². The van der Waals surface area contributed by atoms with E-state index < -0.39 is 0 Å². The zero-order valence-electron chi connectivity index (χ0n) is 12.5. The first kappa shape index (κ1) is 15.3. The molecule has 1 N–H and O–H groups in total. The minimum Gasteiger partial charge on any atom is -0.484 e. The van der Waals surface area contributed by atoms with Gasteiger partial charge >= 0.3 is 0 Å². The number of rotatable bonds is 4. The molecule has 2 aliphatic rings. The van der Waals surface area contributed by atoms with Crippen LogP contribution in [0.3, 0.4) is 0 Å². The van der Waals surface area contributed by atoms with Crippen molar-refractivity contribution in [3.05, 3.63) is 57.0 Å². The van der Waals surface area contributed by atoms with E-state index in [0.717, 1.165) is 46.9 Å². The van der Waals surface area contributed by atoms with Gasteiger partial charge in [0.05, 0.1) is 0 Å². The number of aryl methyl sites for hydroxylation is 1. The number of hydrogen-bond acceptors (Lipinski definition) is 3. The lowest BCUT2D eigenvalue weighted by molar-refractivity contribution is 0.127. The van der Waals surface area contributed by atoms with Crippen molar-refractivity contribution in [2.45, 2.75) is 25.0 Å². The van der Waals surface area contributed by atoms with Crippen molar-refractivity contribution >= 4 is 27.5 Å². The van der Waals surface area contributed by atoms with Crippen LogP contribution >= 0.6 is 27.5 Å². The maximum atomic E-state index is 6.29. The lowest BCUT2D eigenvalue weighted by Gasteiger charge is -2.29. The monoisotopic (exact) mass is 393 g/mol. The van der Waals surface area contributed by atoms with E-state index >= 15 is 0 Å². The molecule has 3 nitrogen and oxygen atoms in total. The molecular weight excluding hydrogens is 378 g/mol. The molecule has 0 aromatic heterocycles. The van der Waals surface area contributed by atoms with E-state index in [-0.39, 0.29) is 12.2 Å². The molecule has 4 rings (SSSR count). The topological polar surface area (TPSA) is 30.5 Å². The Labute approximate surface area is 149 Å². The maximum absolute atomic E-state index is 6.29. The van der Waals surface area contributed by atoms with Crippen LogP contribution < -0.4 is 14.8 Å². The predicted molar refractivity (Wildman–Crippen MR) is 94.6 cm³/mol.